The first kappa shape index (κ1) is 7.17. The lowest BCUT2D eigenvalue weighted by atomic mass is 10.8. The molecule has 0 spiro atoms. The highest BCUT2D eigenvalue weighted by molar-refractivity contribution is 4.72. The lowest BCUT2D eigenvalue weighted by Gasteiger charge is -1.53. The number of aromatic nitrogens is 2. The quantitative estimate of drug-likeness (QED) is 0.511. The molecule has 8 heavy (non-hydrogen) atoms. The van der Waals surface area contributed by atoms with Crippen LogP contribution in [0, 0.1) is 0 Å². The van der Waals surface area contributed by atoms with E-state index in [9.17, 15) is 0 Å². The van der Waals surface area contributed by atoms with Crippen molar-refractivity contribution >= 4 is 0 Å². The molecule has 0 aromatic carbocycles. The minimum Gasteiger partial charge on any atom is -0.331 e. The Labute approximate surface area is 48.9 Å². The highest BCUT2D eigenvalue weighted by Crippen LogP contribution is 1.64. The molecule has 3 heteroatoms. The van der Waals surface area contributed by atoms with Crippen molar-refractivity contribution < 1.29 is 0 Å². The van der Waals surface area contributed by atoms with E-state index in [1.807, 2.05) is 13.0 Å². The Morgan fingerprint density at radius 2 is 2.38 bits per heavy atom. The van der Waals surface area contributed by atoms with Crippen molar-refractivity contribution in [2.75, 3.05) is 6.54 Å². The van der Waals surface area contributed by atoms with E-state index in [1.54, 1.807) is 12.4 Å². The molecular weight excluding hydrogens is 102 g/mol. The molecule has 1 heterocycles. The van der Waals surface area contributed by atoms with Gasteiger partial charge in [-0.25, -0.2) is 0 Å². The standard InChI is InChI=1S/C3H4N2.C2H7N/c1-2-4-5-3-1;1-2-3/h1-3H,(H,4,5);2-3H2,1H3. The molecule has 0 bridgehead atoms. The van der Waals surface area contributed by atoms with Crippen LogP contribution in [-0.2, 0) is 0 Å². The fourth-order valence-electron chi connectivity index (χ4n) is 0.215. The molecular formula is C5H11N3. The maximum absolute atomic E-state index is 4.85. The van der Waals surface area contributed by atoms with Crippen molar-refractivity contribution in [2.45, 2.75) is 6.92 Å². The van der Waals surface area contributed by atoms with Crippen molar-refractivity contribution in [3.8, 4) is 0 Å². The zero-order valence-corrected chi connectivity index (χ0v) is 4.96. The summed E-state index contributed by atoms with van der Waals surface area (Å²) in [7, 11) is 0. The number of nitrogens with two attached hydrogens (primary N) is 1. The summed E-state index contributed by atoms with van der Waals surface area (Å²) >= 11 is 0. The second kappa shape index (κ2) is 6.17. The highest BCUT2D eigenvalue weighted by Gasteiger charge is 1.56. The van der Waals surface area contributed by atoms with Crippen LogP contribution in [0.5, 0.6) is 0 Å². The van der Waals surface area contributed by atoms with Crippen LogP contribution < -0.4 is 5.73 Å². The Hall–Kier alpha value is -0.830. The predicted octanol–water partition coefficient (Wildman–Crippen LogP) is 0.375. The van der Waals surface area contributed by atoms with Crippen molar-refractivity contribution in [2.24, 2.45) is 5.73 Å². The molecule has 0 fully saturated rings. The van der Waals surface area contributed by atoms with Gasteiger partial charge in [0.2, 0.25) is 0 Å². The molecule has 0 saturated heterocycles. The van der Waals surface area contributed by atoms with Gasteiger partial charge in [0.1, 0.15) is 0 Å². The summed E-state index contributed by atoms with van der Waals surface area (Å²) in [6.07, 6.45) is 3.46. The summed E-state index contributed by atoms with van der Waals surface area (Å²) in [5, 5.41) is 6.21. The number of rotatable bonds is 0. The first-order chi connectivity index (χ1) is 3.91. The van der Waals surface area contributed by atoms with Crippen LogP contribution >= 0.6 is 0 Å². The van der Waals surface area contributed by atoms with Gasteiger partial charge in [-0.1, -0.05) is 6.92 Å². The Balaban J connectivity index is 0.000000145. The van der Waals surface area contributed by atoms with Crippen LogP contribution in [-0.4, -0.2) is 16.7 Å². The van der Waals surface area contributed by atoms with Crippen LogP contribution in [0.1, 0.15) is 6.92 Å². The van der Waals surface area contributed by atoms with Crippen molar-refractivity contribution in [3.05, 3.63) is 18.5 Å². The zero-order valence-electron chi connectivity index (χ0n) is 4.96. The average molecular weight is 113 g/mol. The van der Waals surface area contributed by atoms with Crippen LogP contribution in [0.3, 0.4) is 0 Å². The fraction of sp³-hybridized carbons (Fsp3) is 0.400. The Morgan fingerprint density at radius 1 is 1.75 bits per heavy atom. The highest BCUT2D eigenvalue weighted by atomic mass is 15.1. The van der Waals surface area contributed by atoms with Gasteiger partial charge in [-0.2, -0.15) is 5.10 Å². The van der Waals surface area contributed by atoms with Gasteiger partial charge in [-0.3, -0.25) is 5.10 Å². The largest absolute Gasteiger partial charge is 0.331 e. The lowest BCUT2D eigenvalue weighted by Crippen LogP contribution is -1.87. The molecule has 0 saturated carbocycles. The Kier molecular flexibility index (Phi) is 5.53. The van der Waals surface area contributed by atoms with E-state index in [4.69, 9.17) is 5.73 Å². The first-order valence-electron chi connectivity index (χ1n) is 2.55. The number of hydrogen-bond donors (Lipinski definition) is 2. The van der Waals surface area contributed by atoms with Gasteiger partial charge < -0.3 is 5.73 Å². The third kappa shape index (κ3) is 5.17. The number of aromatic amines is 1. The van der Waals surface area contributed by atoms with E-state index in [-0.39, 0.29) is 0 Å². The van der Waals surface area contributed by atoms with Gasteiger partial charge in [-0.15, -0.1) is 0 Å². The predicted molar refractivity (Wildman–Crippen MR) is 33.3 cm³/mol. The van der Waals surface area contributed by atoms with Crippen LogP contribution in [0.4, 0.5) is 0 Å². The molecule has 0 unspecified atom stereocenters. The SMILES string of the molecule is CCN.c1cn[nH]c1. The maximum atomic E-state index is 4.85. The van der Waals surface area contributed by atoms with Crippen LogP contribution in [0.25, 0.3) is 0 Å². The van der Waals surface area contributed by atoms with Gasteiger partial charge in [0.05, 0.1) is 0 Å². The van der Waals surface area contributed by atoms with E-state index in [0.717, 1.165) is 6.54 Å². The molecule has 0 aliphatic carbocycles. The number of hydrogen-bond acceptors (Lipinski definition) is 2. The summed E-state index contributed by atoms with van der Waals surface area (Å²) in [5.74, 6) is 0. The van der Waals surface area contributed by atoms with Gasteiger partial charge in [0.25, 0.3) is 0 Å². The van der Waals surface area contributed by atoms with E-state index < -0.39 is 0 Å². The van der Waals surface area contributed by atoms with E-state index in [1.165, 1.54) is 0 Å². The molecule has 3 nitrogen and oxygen atoms in total. The normalized spacial score (nSPS) is 7.25. The van der Waals surface area contributed by atoms with Gasteiger partial charge in [0.15, 0.2) is 0 Å². The molecule has 1 aromatic rings. The van der Waals surface area contributed by atoms with Crippen LogP contribution in [0.15, 0.2) is 18.5 Å². The Morgan fingerprint density at radius 3 is 2.50 bits per heavy atom. The fourth-order valence-corrected chi connectivity index (χ4v) is 0.215. The van der Waals surface area contributed by atoms with Gasteiger partial charge in [0, 0.05) is 12.4 Å². The summed E-state index contributed by atoms with van der Waals surface area (Å²) in [5.41, 5.74) is 4.85. The molecule has 0 aliphatic heterocycles. The van der Waals surface area contributed by atoms with E-state index in [2.05, 4.69) is 10.2 Å². The topological polar surface area (TPSA) is 54.7 Å². The molecule has 0 aliphatic rings. The van der Waals surface area contributed by atoms with Crippen molar-refractivity contribution in [1.29, 1.82) is 0 Å². The third-order valence-corrected chi connectivity index (χ3v) is 0.406. The van der Waals surface area contributed by atoms with E-state index >= 15 is 0 Å². The Bertz CT molecular complexity index is 74.6. The third-order valence-electron chi connectivity index (χ3n) is 0.406. The molecule has 1 aromatic heterocycles. The van der Waals surface area contributed by atoms with Crippen molar-refractivity contribution in [1.82, 2.24) is 10.2 Å². The second-order valence-corrected chi connectivity index (χ2v) is 1.17. The second-order valence-electron chi connectivity index (χ2n) is 1.17. The lowest BCUT2D eigenvalue weighted by molar-refractivity contribution is 1.09. The first-order valence-corrected chi connectivity index (χ1v) is 2.55. The summed E-state index contributed by atoms with van der Waals surface area (Å²) in [4.78, 5) is 0. The molecule has 46 valence electrons. The van der Waals surface area contributed by atoms with E-state index in [0.29, 0.717) is 0 Å². The minimum absolute atomic E-state index is 0.750. The van der Waals surface area contributed by atoms with Crippen LogP contribution in [0.2, 0.25) is 0 Å². The zero-order chi connectivity index (χ0) is 6.24. The summed E-state index contributed by atoms with van der Waals surface area (Å²) < 4.78 is 0. The number of H-pyrrole nitrogens is 1. The monoisotopic (exact) mass is 113 g/mol. The molecule has 0 amide bonds. The molecule has 0 atom stereocenters. The minimum atomic E-state index is 0.750. The van der Waals surface area contributed by atoms with Crippen molar-refractivity contribution in [3.63, 3.8) is 0 Å². The molecule has 0 radical (unpaired) electrons. The van der Waals surface area contributed by atoms with Gasteiger partial charge >= 0.3 is 0 Å². The molecule has 1 rings (SSSR count). The average Bonchev–Trinajstić information content (AvgIpc) is 2.17. The number of nitrogens with zero attached hydrogens (tertiary/aromatic N) is 1. The summed E-state index contributed by atoms with van der Waals surface area (Å²) in [6.45, 7) is 2.65. The smallest absolute Gasteiger partial charge is 0.0487 e. The number of nitrogens with one attached hydrogen (secondary N) is 1. The molecule has 3 N–H and O–H groups in total. The maximum Gasteiger partial charge on any atom is 0.0487 e. The summed E-state index contributed by atoms with van der Waals surface area (Å²) in [6, 6.07) is 1.83. The van der Waals surface area contributed by atoms with Gasteiger partial charge in [-0.05, 0) is 12.6 Å².